The average Bonchev–Trinajstić information content (AvgIpc) is 3.51. The van der Waals surface area contributed by atoms with Crippen molar-refractivity contribution in [2.24, 2.45) is 0 Å². The Labute approximate surface area is 359 Å². The third kappa shape index (κ3) is 10.6. The number of carbonyl (C=O) groups excluding carboxylic acids is 4. The van der Waals surface area contributed by atoms with Crippen molar-refractivity contribution in [2.75, 3.05) is 12.4 Å². The van der Waals surface area contributed by atoms with Crippen LogP contribution < -0.4 is 0 Å². The van der Waals surface area contributed by atoms with E-state index in [-0.39, 0.29) is 30.9 Å². The third-order valence-corrected chi connectivity index (χ3v) is 11.7. The predicted molar refractivity (Wildman–Crippen MR) is 224 cm³/mol. The van der Waals surface area contributed by atoms with Gasteiger partial charge >= 0.3 is 11.9 Å². The number of hydrogen-bond donors (Lipinski definition) is 0. The number of nitrogens with zero attached hydrogens (tertiary/aromatic N) is 1. The molecule has 2 amide bonds. The monoisotopic (exact) mass is 853 g/mol. The van der Waals surface area contributed by atoms with Gasteiger partial charge in [-0.05, 0) is 41.5 Å². The van der Waals surface area contributed by atoms with E-state index >= 15 is 0 Å². The Morgan fingerprint density at radius 3 is 1.54 bits per heavy atom. The Kier molecular flexibility index (Phi) is 15.0. The number of amides is 2. The van der Waals surface area contributed by atoms with Gasteiger partial charge in [0.25, 0.3) is 11.8 Å². The summed E-state index contributed by atoms with van der Waals surface area (Å²) in [5.74, 6) is -2.04. The maximum Gasteiger partial charge on any atom is 0.303 e. The van der Waals surface area contributed by atoms with E-state index in [1.165, 1.54) is 25.6 Å². The van der Waals surface area contributed by atoms with Crippen molar-refractivity contribution in [3.8, 4) is 0 Å². The Hall–Kier alpha value is -4.93. The van der Waals surface area contributed by atoms with E-state index in [4.69, 9.17) is 37.9 Å². The Balaban J connectivity index is 1.20. The number of imide groups is 1. The summed E-state index contributed by atoms with van der Waals surface area (Å²) in [7, 11) is 0. The molecule has 0 saturated carbocycles. The molecule has 61 heavy (non-hydrogen) atoms. The summed E-state index contributed by atoms with van der Waals surface area (Å²) < 4.78 is 51.7. The van der Waals surface area contributed by atoms with Crippen LogP contribution in [-0.4, -0.2) is 102 Å². The van der Waals surface area contributed by atoms with Gasteiger partial charge in [0.1, 0.15) is 35.9 Å². The number of esters is 2. The highest BCUT2D eigenvalue weighted by Gasteiger charge is 2.57. The van der Waals surface area contributed by atoms with Gasteiger partial charge in [0, 0.05) is 13.8 Å². The van der Waals surface area contributed by atoms with Gasteiger partial charge in [0.2, 0.25) is 0 Å². The molecule has 0 spiro atoms. The van der Waals surface area contributed by atoms with Crippen LogP contribution in [0.1, 0.15) is 65.1 Å². The lowest BCUT2D eigenvalue weighted by Gasteiger charge is -2.48. The number of hydrogen-bond acceptors (Lipinski definition) is 13. The molecule has 0 radical (unpaired) electrons. The highest BCUT2D eigenvalue weighted by molar-refractivity contribution is 7.99. The van der Waals surface area contributed by atoms with E-state index in [1.54, 1.807) is 24.3 Å². The zero-order valence-electron chi connectivity index (χ0n) is 34.5. The summed E-state index contributed by atoms with van der Waals surface area (Å²) in [6.45, 7) is 6.71. The summed E-state index contributed by atoms with van der Waals surface area (Å²) in [6.07, 6.45) is -7.45. The summed E-state index contributed by atoms with van der Waals surface area (Å²) in [5, 5.41) is 0. The summed E-state index contributed by atoms with van der Waals surface area (Å²) in [6, 6.07) is 34.6. The van der Waals surface area contributed by atoms with Crippen molar-refractivity contribution in [3.63, 3.8) is 0 Å². The predicted octanol–water partition coefficient (Wildman–Crippen LogP) is 6.51. The highest BCUT2D eigenvalue weighted by Crippen LogP contribution is 2.39. The van der Waals surface area contributed by atoms with Crippen LogP contribution in [0, 0.1) is 0 Å². The topological polar surface area (TPSA) is 145 Å². The number of carbonyl (C=O) groups is 4. The molecule has 13 nitrogen and oxygen atoms in total. The van der Waals surface area contributed by atoms with Gasteiger partial charge < -0.3 is 37.9 Å². The van der Waals surface area contributed by atoms with Crippen LogP contribution in [0.25, 0.3) is 0 Å². The molecule has 4 aromatic carbocycles. The molecule has 3 heterocycles. The van der Waals surface area contributed by atoms with Crippen LogP contribution in [0.3, 0.4) is 0 Å². The summed E-state index contributed by atoms with van der Waals surface area (Å²) in [4.78, 5) is 54.5. The van der Waals surface area contributed by atoms with Crippen LogP contribution in [0.15, 0.2) is 115 Å². The second-order valence-corrected chi connectivity index (χ2v) is 16.4. The van der Waals surface area contributed by atoms with Crippen LogP contribution in [0.4, 0.5) is 0 Å². The van der Waals surface area contributed by atoms with Crippen molar-refractivity contribution in [1.82, 2.24) is 4.90 Å². The Morgan fingerprint density at radius 1 is 0.590 bits per heavy atom. The number of benzene rings is 4. The Morgan fingerprint density at radius 2 is 1.05 bits per heavy atom. The molecular formula is C47H51NO12S. The second kappa shape index (κ2) is 20.8. The molecule has 10 atom stereocenters. The van der Waals surface area contributed by atoms with E-state index < -0.39 is 84.2 Å². The van der Waals surface area contributed by atoms with Crippen LogP contribution in [0.2, 0.25) is 0 Å². The SMILES string of the molecule is CCS[C@@H]1O[C@H](CO[C@@H]2O[C@@H](C)[C@@H](OCc3ccccc3)[C@@H](OCc3ccccc3)[C@@H]2OCc2ccccc2)[C@@H](OC(C)=O)[C@H](OC(C)=O)[C@H]1N1C(=O)c2ccccc2C1=O. The fourth-order valence-electron chi connectivity index (χ4n) is 7.93. The summed E-state index contributed by atoms with van der Waals surface area (Å²) in [5.41, 5.74) is 2.35. The smallest absolute Gasteiger partial charge is 0.303 e. The normalized spacial score (nSPS) is 27.4. The largest absolute Gasteiger partial charge is 0.456 e. The molecule has 0 aromatic heterocycles. The van der Waals surface area contributed by atoms with Gasteiger partial charge in [-0.2, -0.15) is 0 Å². The second-order valence-electron chi connectivity index (χ2n) is 15.0. The zero-order valence-corrected chi connectivity index (χ0v) is 35.3. The van der Waals surface area contributed by atoms with Crippen LogP contribution in [0.5, 0.6) is 0 Å². The minimum Gasteiger partial charge on any atom is -0.456 e. The van der Waals surface area contributed by atoms with E-state index in [0.29, 0.717) is 12.4 Å². The number of ether oxygens (including phenoxy) is 8. The molecule has 0 N–H and O–H groups in total. The molecule has 322 valence electrons. The molecular weight excluding hydrogens is 803 g/mol. The molecule has 2 fully saturated rings. The van der Waals surface area contributed by atoms with Crippen molar-refractivity contribution >= 4 is 35.5 Å². The van der Waals surface area contributed by atoms with E-state index in [9.17, 15) is 19.2 Å². The van der Waals surface area contributed by atoms with Crippen molar-refractivity contribution in [3.05, 3.63) is 143 Å². The minimum atomic E-state index is -1.32. The van der Waals surface area contributed by atoms with Gasteiger partial charge in [0.15, 0.2) is 18.5 Å². The zero-order chi connectivity index (χ0) is 42.9. The Bertz CT molecular complexity index is 2060. The average molecular weight is 854 g/mol. The lowest BCUT2D eigenvalue weighted by Crippen LogP contribution is -2.66. The first-order valence-corrected chi connectivity index (χ1v) is 21.5. The van der Waals surface area contributed by atoms with Gasteiger partial charge in [-0.25, -0.2) is 0 Å². The van der Waals surface area contributed by atoms with Crippen LogP contribution >= 0.6 is 11.8 Å². The first-order chi connectivity index (χ1) is 29.6. The molecule has 3 aliphatic rings. The fourth-order valence-corrected chi connectivity index (χ4v) is 8.95. The molecule has 0 bridgehead atoms. The minimum absolute atomic E-state index is 0.196. The number of rotatable bonds is 17. The van der Waals surface area contributed by atoms with E-state index in [2.05, 4.69) is 0 Å². The van der Waals surface area contributed by atoms with Gasteiger partial charge in [-0.15, -0.1) is 11.8 Å². The maximum atomic E-state index is 13.9. The van der Waals surface area contributed by atoms with Crippen LogP contribution in [-0.2, 0) is 67.3 Å². The quantitative estimate of drug-likeness (QED) is 0.0842. The first kappa shape index (κ1) is 44.1. The molecule has 7 rings (SSSR count). The van der Waals surface area contributed by atoms with Crippen molar-refractivity contribution in [1.29, 1.82) is 0 Å². The third-order valence-electron chi connectivity index (χ3n) is 10.7. The highest BCUT2D eigenvalue weighted by atomic mass is 32.2. The fraction of sp³-hybridized carbons (Fsp3) is 0.404. The lowest BCUT2D eigenvalue weighted by molar-refractivity contribution is -0.327. The molecule has 0 aliphatic carbocycles. The maximum absolute atomic E-state index is 13.9. The van der Waals surface area contributed by atoms with E-state index in [1.807, 2.05) is 105 Å². The molecule has 14 heteroatoms. The number of fused-ring (bicyclic) bond motifs is 1. The van der Waals surface area contributed by atoms with Gasteiger partial charge in [0.05, 0.1) is 43.7 Å². The van der Waals surface area contributed by atoms with Gasteiger partial charge in [-0.3, -0.25) is 24.1 Å². The van der Waals surface area contributed by atoms with Gasteiger partial charge in [-0.1, -0.05) is 110 Å². The van der Waals surface area contributed by atoms with Crippen molar-refractivity contribution in [2.45, 2.75) is 108 Å². The summed E-state index contributed by atoms with van der Waals surface area (Å²) >= 11 is 1.31. The molecule has 2 saturated heterocycles. The van der Waals surface area contributed by atoms with E-state index in [0.717, 1.165) is 21.6 Å². The molecule has 3 aliphatic heterocycles. The molecule has 4 aromatic rings. The number of thioether (sulfide) groups is 1. The standard InChI is InChI=1S/C47H51NO12S/c1-5-61-47-38(48-44(51)35-23-15-16-24-36(35)45(48)52)41(59-31(4)50)40(58-30(3)49)37(60-47)28-56-46-43(55-27-34-21-13-8-14-22-34)42(54-26-33-19-11-7-12-20-33)39(29(2)57-46)53-25-32-17-9-6-10-18-32/h6-24,29,37-43,46-47H,5,25-28H2,1-4H3/t29-,37+,38+,39+,40+,41+,42+,43-,46+,47-/m0/s1. The lowest BCUT2D eigenvalue weighted by atomic mass is 9.95. The molecule has 0 unspecified atom stereocenters. The van der Waals surface area contributed by atoms with Crippen molar-refractivity contribution < 1.29 is 57.1 Å². The first-order valence-electron chi connectivity index (χ1n) is 20.4.